The van der Waals surface area contributed by atoms with Crippen LogP contribution >= 0.6 is 0 Å². The summed E-state index contributed by atoms with van der Waals surface area (Å²) in [6, 6.07) is 4.29. The summed E-state index contributed by atoms with van der Waals surface area (Å²) in [5.74, 6) is -2.95. The second-order valence-electron chi connectivity index (χ2n) is 7.53. The molecule has 4 rings (SSSR count). The van der Waals surface area contributed by atoms with Crippen LogP contribution in [-0.2, 0) is 11.0 Å². The summed E-state index contributed by atoms with van der Waals surface area (Å²) in [5, 5.41) is 14.7. The van der Waals surface area contributed by atoms with Gasteiger partial charge in [0, 0.05) is 35.4 Å². The zero-order valence-corrected chi connectivity index (χ0v) is 18.9. The molecule has 3 aromatic heterocycles. The topological polar surface area (TPSA) is 121 Å². The Bertz CT molecular complexity index is 1480. The van der Waals surface area contributed by atoms with Gasteiger partial charge in [0.15, 0.2) is 11.5 Å². The number of hydrogen-bond acceptors (Lipinski definition) is 7. The Kier molecular flexibility index (Phi) is 6.82. The lowest BCUT2D eigenvalue weighted by Crippen LogP contribution is -2.11. The first-order valence-corrected chi connectivity index (χ1v) is 10.4. The summed E-state index contributed by atoms with van der Waals surface area (Å²) < 4.78 is 67.9. The third-order valence-electron chi connectivity index (χ3n) is 4.96. The third kappa shape index (κ3) is 5.69. The van der Waals surface area contributed by atoms with Crippen LogP contribution in [0.2, 0.25) is 0 Å². The fourth-order valence-corrected chi connectivity index (χ4v) is 3.17. The van der Waals surface area contributed by atoms with E-state index in [1.807, 2.05) is 0 Å². The predicted octanol–water partition coefficient (Wildman–Crippen LogP) is 5.48. The van der Waals surface area contributed by atoms with Gasteiger partial charge in [-0.15, -0.1) is 0 Å². The molecule has 0 aliphatic carbocycles. The standard InChI is InChI=1S/C23H17F5N8O/c1-3-19(37)32-13-4-5-15(24)17(7-13)33-21-14(12-6-16(25)20(29-8-12)23(26,27)28)9-30-22(35-21)34-18-10-31-36-11(18)2/h3-10H,1H2,2H3,(H,31,36)(H,32,37)(H2,30,33,34,35). The number of halogens is 5. The summed E-state index contributed by atoms with van der Waals surface area (Å²) in [4.78, 5) is 23.2. The molecule has 0 unspecified atom stereocenters. The van der Waals surface area contributed by atoms with Gasteiger partial charge in [0.2, 0.25) is 11.9 Å². The molecule has 9 nitrogen and oxygen atoms in total. The molecule has 14 heteroatoms. The number of aromatic nitrogens is 5. The first-order chi connectivity index (χ1) is 17.5. The van der Waals surface area contributed by atoms with E-state index in [1.54, 1.807) is 13.1 Å². The molecule has 0 bridgehead atoms. The van der Waals surface area contributed by atoms with Gasteiger partial charge in [-0.3, -0.25) is 9.89 Å². The van der Waals surface area contributed by atoms with E-state index in [4.69, 9.17) is 0 Å². The minimum Gasteiger partial charge on any atom is -0.337 e. The molecular weight excluding hydrogens is 499 g/mol. The van der Waals surface area contributed by atoms with E-state index in [1.165, 1.54) is 18.3 Å². The number of nitrogens with zero attached hydrogens (tertiary/aromatic N) is 4. The second kappa shape index (κ2) is 10.0. The van der Waals surface area contributed by atoms with Gasteiger partial charge in [-0.2, -0.15) is 23.3 Å². The van der Waals surface area contributed by atoms with Crippen molar-refractivity contribution in [3.05, 3.63) is 78.5 Å². The van der Waals surface area contributed by atoms with Gasteiger partial charge in [-0.1, -0.05) is 6.58 Å². The van der Waals surface area contributed by atoms with Gasteiger partial charge in [-0.25, -0.2) is 18.7 Å². The number of anilines is 5. The minimum absolute atomic E-state index is 0.0209. The Labute approximate surface area is 205 Å². The van der Waals surface area contributed by atoms with Crippen molar-refractivity contribution >= 4 is 34.7 Å². The number of alkyl halides is 3. The summed E-state index contributed by atoms with van der Waals surface area (Å²) in [6.45, 7) is 5.05. The van der Waals surface area contributed by atoms with Gasteiger partial charge >= 0.3 is 6.18 Å². The molecule has 0 aliphatic rings. The summed E-state index contributed by atoms with van der Waals surface area (Å²) >= 11 is 0. The molecule has 0 saturated carbocycles. The molecular formula is C23H17F5N8O. The van der Waals surface area contributed by atoms with Crippen LogP contribution in [0.4, 0.5) is 50.8 Å². The molecule has 0 fully saturated rings. The molecule has 0 aliphatic heterocycles. The van der Waals surface area contributed by atoms with E-state index in [0.717, 1.165) is 18.3 Å². The predicted molar refractivity (Wildman–Crippen MR) is 125 cm³/mol. The molecule has 1 aromatic carbocycles. The molecule has 0 atom stereocenters. The molecule has 0 spiro atoms. The monoisotopic (exact) mass is 516 g/mol. The van der Waals surface area contributed by atoms with Crippen LogP contribution < -0.4 is 16.0 Å². The Morgan fingerprint density at radius 3 is 2.49 bits per heavy atom. The Balaban J connectivity index is 1.78. The Morgan fingerprint density at radius 1 is 1.05 bits per heavy atom. The number of carbonyl (C=O) groups is 1. The number of H-pyrrole nitrogens is 1. The normalized spacial score (nSPS) is 11.2. The van der Waals surface area contributed by atoms with Crippen molar-refractivity contribution in [1.29, 1.82) is 0 Å². The zero-order valence-electron chi connectivity index (χ0n) is 18.9. The number of aryl methyl sites for hydroxylation is 1. The van der Waals surface area contributed by atoms with Crippen molar-refractivity contribution in [3.63, 3.8) is 0 Å². The fourth-order valence-electron chi connectivity index (χ4n) is 3.17. The van der Waals surface area contributed by atoms with E-state index in [2.05, 4.69) is 47.7 Å². The average Bonchev–Trinajstić information content (AvgIpc) is 3.24. The van der Waals surface area contributed by atoms with Gasteiger partial charge < -0.3 is 16.0 Å². The van der Waals surface area contributed by atoms with E-state index < -0.39 is 29.4 Å². The quantitative estimate of drug-likeness (QED) is 0.190. The number of benzene rings is 1. The van der Waals surface area contributed by atoms with E-state index in [9.17, 15) is 26.7 Å². The highest BCUT2D eigenvalue weighted by molar-refractivity contribution is 5.99. The zero-order chi connectivity index (χ0) is 26.7. The molecule has 0 radical (unpaired) electrons. The van der Waals surface area contributed by atoms with Gasteiger partial charge in [-0.05, 0) is 37.3 Å². The maximum absolute atomic E-state index is 14.7. The van der Waals surface area contributed by atoms with Crippen LogP contribution in [0.5, 0.6) is 0 Å². The lowest BCUT2D eigenvalue weighted by molar-refractivity contribution is -0.143. The van der Waals surface area contributed by atoms with Crippen LogP contribution in [0.25, 0.3) is 11.1 Å². The number of nitrogens with one attached hydrogen (secondary N) is 4. The first-order valence-electron chi connectivity index (χ1n) is 10.4. The van der Waals surface area contributed by atoms with Crippen LogP contribution in [0, 0.1) is 18.6 Å². The molecule has 4 N–H and O–H groups in total. The number of rotatable bonds is 7. The van der Waals surface area contributed by atoms with Crippen LogP contribution in [0.3, 0.4) is 0 Å². The number of hydrogen-bond donors (Lipinski definition) is 4. The van der Waals surface area contributed by atoms with Crippen LogP contribution in [0.15, 0.2) is 55.5 Å². The number of carbonyl (C=O) groups excluding carboxylic acids is 1. The Hall–Kier alpha value is -4.88. The van der Waals surface area contributed by atoms with Gasteiger partial charge in [0.25, 0.3) is 0 Å². The van der Waals surface area contributed by atoms with Crippen LogP contribution in [-0.4, -0.2) is 31.1 Å². The molecule has 3 heterocycles. The largest absolute Gasteiger partial charge is 0.436 e. The molecule has 190 valence electrons. The number of aromatic amines is 1. The van der Waals surface area contributed by atoms with Gasteiger partial charge in [0.05, 0.1) is 17.1 Å². The number of amides is 1. The molecule has 37 heavy (non-hydrogen) atoms. The molecule has 1 amide bonds. The van der Waals surface area contributed by atoms with E-state index in [0.29, 0.717) is 17.4 Å². The lowest BCUT2D eigenvalue weighted by Gasteiger charge is -2.15. The lowest BCUT2D eigenvalue weighted by atomic mass is 10.1. The van der Waals surface area contributed by atoms with E-state index in [-0.39, 0.29) is 34.3 Å². The maximum atomic E-state index is 14.7. The second-order valence-corrected chi connectivity index (χ2v) is 7.53. The van der Waals surface area contributed by atoms with Crippen molar-refractivity contribution < 1.29 is 26.7 Å². The van der Waals surface area contributed by atoms with Crippen molar-refractivity contribution in [2.75, 3.05) is 16.0 Å². The SMILES string of the molecule is C=CC(=O)Nc1ccc(F)c(Nc2nc(Nc3c[nH]nc3C)ncc2-c2cnc(C(F)(F)F)c(F)c2)c1. The smallest absolute Gasteiger partial charge is 0.337 e. The summed E-state index contributed by atoms with van der Waals surface area (Å²) in [6.07, 6.45) is -0.407. The van der Waals surface area contributed by atoms with Gasteiger partial charge in [0.1, 0.15) is 11.6 Å². The molecule has 0 saturated heterocycles. The first kappa shape index (κ1) is 25.2. The Morgan fingerprint density at radius 2 is 1.84 bits per heavy atom. The summed E-state index contributed by atoms with van der Waals surface area (Å²) in [7, 11) is 0. The fraction of sp³-hybridized carbons (Fsp3) is 0.0870. The highest BCUT2D eigenvalue weighted by Crippen LogP contribution is 2.35. The molecule has 4 aromatic rings. The highest BCUT2D eigenvalue weighted by atomic mass is 19.4. The number of pyridine rings is 1. The minimum atomic E-state index is -4.99. The highest BCUT2D eigenvalue weighted by Gasteiger charge is 2.36. The van der Waals surface area contributed by atoms with Crippen molar-refractivity contribution in [3.8, 4) is 11.1 Å². The maximum Gasteiger partial charge on any atom is 0.436 e. The van der Waals surface area contributed by atoms with Crippen molar-refractivity contribution in [2.24, 2.45) is 0 Å². The van der Waals surface area contributed by atoms with Crippen molar-refractivity contribution in [1.82, 2.24) is 25.1 Å². The summed E-state index contributed by atoms with van der Waals surface area (Å²) in [5.41, 5.74) is -0.567. The third-order valence-corrected chi connectivity index (χ3v) is 4.96. The van der Waals surface area contributed by atoms with Crippen molar-refractivity contribution in [2.45, 2.75) is 13.1 Å². The average molecular weight is 516 g/mol. The van der Waals surface area contributed by atoms with E-state index >= 15 is 0 Å². The van der Waals surface area contributed by atoms with Crippen LogP contribution in [0.1, 0.15) is 11.4 Å².